The van der Waals surface area contributed by atoms with Crippen molar-refractivity contribution in [2.24, 2.45) is 0 Å². The first-order chi connectivity index (χ1) is 4.39. The Morgan fingerprint density at radius 2 is 2.11 bits per heavy atom. The molecular weight excluding hydrogens is 120 g/mol. The minimum absolute atomic E-state index is 0.608. The molecular formula is C6H12O3. The van der Waals surface area contributed by atoms with Crippen LogP contribution in [0.15, 0.2) is 0 Å². The molecule has 0 saturated carbocycles. The number of hydrogen-bond donors (Lipinski definition) is 1. The van der Waals surface area contributed by atoms with Crippen molar-refractivity contribution in [3.63, 3.8) is 0 Å². The lowest BCUT2D eigenvalue weighted by molar-refractivity contribution is -0.374. The molecule has 0 spiro atoms. The predicted molar refractivity (Wildman–Crippen MR) is 31.5 cm³/mol. The van der Waals surface area contributed by atoms with Gasteiger partial charge in [0, 0.05) is 6.42 Å². The van der Waals surface area contributed by atoms with Crippen molar-refractivity contribution in [3.05, 3.63) is 0 Å². The Balaban J connectivity index is 2.12. The quantitative estimate of drug-likeness (QED) is 0.496. The van der Waals surface area contributed by atoms with E-state index >= 15 is 0 Å². The van der Waals surface area contributed by atoms with Crippen LogP contribution in [0.25, 0.3) is 0 Å². The zero-order valence-electron chi connectivity index (χ0n) is 5.38. The minimum Gasteiger partial charge on any atom is -0.366 e. The topological polar surface area (TPSA) is 38.7 Å². The zero-order valence-corrected chi connectivity index (χ0v) is 5.38. The highest BCUT2D eigenvalue weighted by Crippen LogP contribution is 2.08. The highest BCUT2D eigenvalue weighted by Gasteiger charge is 2.07. The second-order valence-corrected chi connectivity index (χ2v) is 2.22. The maximum atomic E-state index is 8.87. The largest absolute Gasteiger partial charge is 0.366 e. The highest BCUT2D eigenvalue weighted by molar-refractivity contribution is 4.45. The van der Waals surface area contributed by atoms with Gasteiger partial charge in [-0.05, 0) is 12.8 Å². The van der Waals surface area contributed by atoms with Crippen LogP contribution < -0.4 is 0 Å². The van der Waals surface area contributed by atoms with Crippen molar-refractivity contribution < 1.29 is 14.9 Å². The second-order valence-electron chi connectivity index (χ2n) is 2.22. The smallest absolute Gasteiger partial charge is 0.188 e. The van der Waals surface area contributed by atoms with Crippen LogP contribution in [-0.4, -0.2) is 18.0 Å². The average Bonchev–Trinajstić information content (AvgIpc) is 1.79. The van der Waals surface area contributed by atoms with Crippen molar-refractivity contribution in [1.82, 2.24) is 0 Å². The molecule has 0 aliphatic carbocycles. The summed E-state index contributed by atoms with van der Waals surface area (Å²) in [4.78, 5) is 9.18. The molecule has 0 bridgehead atoms. The normalized spacial score (nSPS) is 31.0. The van der Waals surface area contributed by atoms with Crippen LogP contribution in [0.3, 0.4) is 0 Å². The zero-order chi connectivity index (χ0) is 6.53. The second kappa shape index (κ2) is 3.82. The highest BCUT2D eigenvalue weighted by atomic mass is 17.2. The Morgan fingerprint density at radius 3 is 3.00 bits per heavy atom. The monoisotopic (exact) mass is 132 g/mol. The molecule has 9 heavy (non-hydrogen) atoms. The van der Waals surface area contributed by atoms with E-state index in [1.165, 1.54) is 0 Å². The van der Waals surface area contributed by atoms with E-state index in [4.69, 9.17) is 5.11 Å². The number of rotatable bonds is 0. The first-order valence-electron chi connectivity index (χ1n) is 3.36. The molecule has 1 rings (SSSR count). The summed E-state index contributed by atoms with van der Waals surface area (Å²) in [5.41, 5.74) is 0. The molecule has 0 aromatic rings. The summed E-state index contributed by atoms with van der Waals surface area (Å²) in [6.07, 6.45) is 3.18. The number of aliphatic hydroxyl groups is 1. The molecule has 1 fully saturated rings. The van der Waals surface area contributed by atoms with E-state index in [1.807, 2.05) is 0 Å². The molecule has 1 N–H and O–H groups in total. The Kier molecular flexibility index (Phi) is 2.97. The van der Waals surface area contributed by atoms with Gasteiger partial charge in [-0.1, -0.05) is 6.42 Å². The van der Waals surface area contributed by atoms with Gasteiger partial charge in [-0.3, -0.25) is 0 Å². The summed E-state index contributed by atoms with van der Waals surface area (Å²) in [6, 6.07) is 0. The summed E-state index contributed by atoms with van der Waals surface area (Å²) >= 11 is 0. The van der Waals surface area contributed by atoms with Gasteiger partial charge in [0.2, 0.25) is 0 Å². The van der Waals surface area contributed by atoms with E-state index in [-0.39, 0.29) is 0 Å². The Hall–Kier alpha value is -0.120. The van der Waals surface area contributed by atoms with E-state index in [1.54, 1.807) is 0 Å². The number of aliphatic hydroxyl groups excluding tert-OH is 1. The third-order valence-electron chi connectivity index (χ3n) is 1.36. The van der Waals surface area contributed by atoms with Crippen molar-refractivity contribution in [2.75, 3.05) is 6.61 Å². The van der Waals surface area contributed by atoms with Gasteiger partial charge in [-0.15, -0.1) is 0 Å². The van der Waals surface area contributed by atoms with Crippen LogP contribution >= 0.6 is 0 Å². The molecule has 1 unspecified atom stereocenters. The minimum atomic E-state index is -0.703. The van der Waals surface area contributed by atoms with E-state index in [9.17, 15) is 0 Å². The maximum absolute atomic E-state index is 8.87. The van der Waals surface area contributed by atoms with Crippen LogP contribution in [0, 0.1) is 0 Å². The van der Waals surface area contributed by atoms with Gasteiger partial charge in [0.1, 0.15) is 0 Å². The fourth-order valence-electron chi connectivity index (χ4n) is 0.831. The molecule has 1 saturated heterocycles. The van der Waals surface area contributed by atoms with Gasteiger partial charge in [0.15, 0.2) is 6.29 Å². The van der Waals surface area contributed by atoms with Gasteiger partial charge in [-0.2, -0.15) is 0 Å². The molecule has 1 heterocycles. The molecule has 0 radical (unpaired) electrons. The molecule has 0 amide bonds. The van der Waals surface area contributed by atoms with Gasteiger partial charge in [-0.25, -0.2) is 9.78 Å². The Bertz CT molecular complexity index is 66.7. The van der Waals surface area contributed by atoms with Gasteiger partial charge in [0.25, 0.3) is 0 Å². The number of hydrogen-bond acceptors (Lipinski definition) is 3. The lowest BCUT2D eigenvalue weighted by Crippen LogP contribution is -2.15. The van der Waals surface area contributed by atoms with Crippen molar-refractivity contribution in [3.8, 4) is 0 Å². The van der Waals surface area contributed by atoms with Gasteiger partial charge >= 0.3 is 0 Å². The summed E-state index contributed by atoms with van der Waals surface area (Å²) < 4.78 is 0. The average molecular weight is 132 g/mol. The van der Waals surface area contributed by atoms with Crippen molar-refractivity contribution >= 4 is 0 Å². The van der Waals surface area contributed by atoms with E-state index in [0.717, 1.165) is 19.3 Å². The van der Waals surface area contributed by atoms with Crippen molar-refractivity contribution in [1.29, 1.82) is 0 Å². The third-order valence-corrected chi connectivity index (χ3v) is 1.36. The van der Waals surface area contributed by atoms with Crippen LogP contribution in [0.5, 0.6) is 0 Å². The first-order valence-corrected chi connectivity index (χ1v) is 3.36. The standard InChI is InChI=1S/C6H12O3/c7-6-4-2-1-3-5-8-9-6/h6-7H,1-5H2. The molecule has 1 aliphatic rings. The summed E-state index contributed by atoms with van der Waals surface area (Å²) in [5.74, 6) is 0. The Morgan fingerprint density at radius 1 is 1.22 bits per heavy atom. The lowest BCUT2D eigenvalue weighted by Gasteiger charge is -2.13. The molecule has 1 atom stereocenters. The molecule has 3 nitrogen and oxygen atoms in total. The van der Waals surface area contributed by atoms with E-state index in [0.29, 0.717) is 13.0 Å². The van der Waals surface area contributed by atoms with E-state index in [2.05, 4.69) is 9.78 Å². The summed E-state index contributed by atoms with van der Waals surface area (Å²) in [6.45, 7) is 0.608. The van der Waals surface area contributed by atoms with Gasteiger partial charge < -0.3 is 5.11 Å². The Labute approximate surface area is 54.5 Å². The summed E-state index contributed by atoms with van der Waals surface area (Å²) in [5, 5.41) is 8.87. The first kappa shape index (κ1) is 6.99. The summed E-state index contributed by atoms with van der Waals surface area (Å²) in [7, 11) is 0. The lowest BCUT2D eigenvalue weighted by atomic mass is 10.2. The van der Waals surface area contributed by atoms with E-state index < -0.39 is 6.29 Å². The van der Waals surface area contributed by atoms with Crippen molar-refractivity contribution in [2.45, 2.75) is 32.0 Å². The molecule has 0 aromatic heterocycles. The molecule has 1 aliphatic heterocycles. The van der Waals surface area contributed by atoms with Crippen LogP contribution in [0.1, 0.15) is 25.7 Å². The molecule has 54 valence electrons. The van der Waals surface area contributed by atoms with Crippen LogP contribution in [0.2, 0.25) is 0 Å². The maximum Gasteiger partial charge on any atom is 0.188 e. The molecule has 0 aromatic carbocycles. The predicted octanol–water partition coefficient (Wildman–Crippen LogP) is 0.827. The fraction of sp³-hybridized carbons (Fsp3) is 1.00. The van der Waals surface area contributed by atoms with Gasteiger partial charge in [0.05, 0.1) is 6.61 Å². The SMILES string of the molecule is OC1CCCCCOO1. The van der Waals surface area contributed by atoms with Crippen LogP contribution in [0.4, 0.5) is 0 Å². The van der Waals surface area contributed by atoms with Crippen LogP contribution in [-0.2, 0) is 9.78 Å². The third kappa shape index (κ3) is 2.79. The molecule has 3 heteroatoms. The fourth-order valence-corrected chi connectivity index (χ4v) is 0.831.